The number of aldehydes is 1. The first-order chi connectivity index (χ1) is 15.7. The largest absolute Gasteiger partial charge is 0.481 e. The molecule has 1 rings (SSSR count). The highest BCUT2D eigenvalue weighted by atomic mass is 32.2. The van der Waals surface area contributed by atoms with Crippen LogP contribution in [0.2, 0.25) is 0 Å². The molecule has 1 amide bonds. The highest BCUT2D eigenvalue weighted by Gasteiger charge is 2.20. The number of carboxylic acid groups (broad SMARTS) is 1. The van der Waals surface area contributed by atoms with Crippen molar-refractivity contribution in [3.63, 3.8) is 0 Å². The van der Waals surface area contributed by atoms with E-state index in [1.54, 1.807) is 19.1 Å². The topological polar surface area (TPSA) is 127 Å². The smallest absolute Gasteiger partial charge is 0.303 e. The van der Waals surface area contributed by atoms with E-state index in [9.17, 15) is 24.0 Å². The minimum atomic E-state index is -0.960. The third-order valence-corrected chi connectivity index (χ3v) is 6.49. The van der Waals surface area contributed by atoms with Gasteiger partial charge < -0.3 is 19.4 Å². The molecule has 1 aromatic rings. The van der Waals surface area contributed by atoms with Crippen molar-refractivity contribution in [2.24, 2.45) is 17.8 Å². The lowest BCUT2D eigenvalue weighted by Crippen LogP contribution is -2.32. The van der Waals surface area contributed by atoms with E-state index in [1.807, 2.05) is 0 Å². The minimum Gasteiger partial charge on any atom is -0.481 e. The van der Waals surface area contributed by atoms with Crippen molar-refractivity contribution < 1.29 is 33.3 Å². The van der Waals surface area contributed by atoms with Crippen LogP contribution in [0.25, 0.3) is 0 Å². The minimum absolute atomic E-state index is 0.0810. The number of Topliss-reactive ketones (excluding diaryl/α,β-unsaturated/α-hetero) is 2. The van der Waals surface area contributed by atoms with Gasteiger partial charge in [-0.1, -0.05) is 19.1 Å². The first-order valence-corrected chi connectivity index (χ1v) is 12.2. The molecule has 0 aliphatic carbocycles. The Morgan fingerprint density at radius 3 is 2.30 bits per heavy atom. The first kappa shape index (κ1) is 28.9. The Labute approximate surface area is 203 Å². The van der Waals surface area contributed by atoms with E-state index in [1.165, 1.54) is 31.3 Å². The molecule has 2 N–H and O–H groups in total. The lowest BCUT2D eigenvalue weighted by atomic mass is 9.92. The summed E-state index contributed by atoms with van der Waals surface area (Å²) in [5, 5.41) is 11.3. The molecule has 3 unspecified atom stereocenters. The maximum atomic E-state index is 12.5. The Balaban J connectivity index is 2.53. The summed E-state index contributed by atoms with van der Waals surface area (Å²) in [6.07, 6.45) is 1.74. The number of aliphatic carboxylic acids is 1. The molecule has 0 heterocycles. The number of ketones is 2. The number of carbonyl (C=O) groups excluding carboxylic acids is 4. The van der Waals surface area contributed by atoms with E-state index in [2.05, 4.69) is 17.9 Å². The molecule has 0 aromatic heterocycles. The van der Waals surface area contributed by atoms with Crippen LogP contribution in [0.1, 0.15) is 53.3 Å². The van der Waals surface area contributed by atoms with Gasteiger partial charge in [0.1, 0.15) is 6.29 Å². The molecular formula is C23H31NO7S2. The molecule has 1 aromatic carbocycles. The molecule has 8 nitrogen and oxygen atoms in total. The summed E-state index contributed by atoms with van der Waals surface area (Å²) < 4.78 is 4.94. The molecule has 33 heavy (non-hydrogen) atoms. The van der Waals surface area contributed by atoms with Crippen molar-refractivity contribution in [1.82, 2.24) is 5.32 Å². The van der Waals surface area contributed by atoms with Gasteiger partial charge in [0.05, 0.1) is 13.7 Å². The summed E-state index contributed by atoms with van der Waals surface area (Å²) in [4.78, 5) is 58.9. The van der Waals surface area contributed by atoms with E-state index in [4.69, 9.17) is 9.29 Å². The van der Waals surface area contributed by atoms with Crippen LogP contribution in [0.4, 0.5) is 0 Å². The monoisotopic (exact) mass is 497 g/mol. The zero-order chi connectivity index (χ0) is 24.8. The van der Waals surface area contributed by atoms with E-state index >= 15 is 0 Å². The van der Waals surface area contributed by atoms with Gasteiger partial charge in [-0.3, -0.25) is 19.2 Å². The highest BCUT2D eigenvalue weighted by molar-refractivity contribution is 7.94. The van der Waals surface area contributed by atoms with E-state index < -0.39 is 17.8 Å². The van der Waals surface area contributed by atoms with Crippen LogP contribution in [0.5, 0.6) is 0 Å². The highest BCUT2D eigenvalue weighted by Crippen LogP contribution is 2.18. The van der Waals surface area contributed by atoms with Crippen LogP contribution in [0.3, 0.4) is 0 Å². The number of benzene rings is 1. The van der Waals surface area contributed by atoms with Gasteiger partial charge in [0.2, 0.25) is 0 Å². The fourth-order valence-corrected chi connectivity index (χ4v) is 4.08. The first-order valence-electron chi connectivity index (χ1n) is 10.6. The summed E-state index contributed by atoms with van der Waals surface area (Å²) in [6, 6.07) is 6.22. The fourth-order valence-electron chi connectivity index (χ4n) is 3.04. The van der Waals surface area contributed by atoms with E-state index in [-0.39, 0.29) is 42.8 Å². The molecule has 0 radical (unpaired) electrons. The van der Waals surface area contributed by atoms with Crippen molar-refractivity contribution in [3.8, 4) is 0 Å². The maximum Gasteiger partial charge on any atom is 0.303 e. The average molecular weight is 498 g/mol. The van der Waals surface area contributed by atoms with E-state index in [0.717, 1.165) is 6.29 Å². The standard InChI is InChI=1S/C23H31NO7S2/c1-15(3-4-16(12-25)5-10-21(27)28)20(26)11-24-23(30)18-8-6-17(7-9-18)22(29)19(13-32)14-33-31-2/h6-9,12,15-16,19,32H,3-5,10-11,13-14H2,1-2H3,(H,24,30)(H,27,28). The third kappa shape index (κ3) is 10.5. The third-order valence-electron chi connectivity index (χ3n) is 5.27. The number of hydrogen-bond acceptors (Lipinski definition) is 8. The second kappa shape index (κ2) is 15.6. The normalized spacial score (nSPS) is 13.5. The molecule has 0 bridgehead atoms. The molecule has 3 atom stereocenters. The summed E-state index contributed by atoms with van der Waals surface area (Å²) in [6.45, 7) is 1.56. The van der Waals surface area contributed by atoms with Gasteiger partial charge in [-0.25, -0.2) is 0 Å². The molecule has 0 aliphatic rings. The predicted molar refractivity (Wildman–Crippen MR) is 130 cm³/mol. The Bertz CT molecular complexity index is 814. The van der Waals surface area contributed by atoms with Crippen LogP contribution in [0.15, 0.2) is 24.3 Å². The quantitative estimate of drug-likeness (QED) is 0.130. The van der Waals surface area contributed by atoms with Gasteiger partial charge in [-0.2, -0.15) is 12.6 Å². The van der Waals surface area contributed by atoms with Crippen LogP contribution in [-0.2, 0) is 18.6 Å². The second-order valence-corrected chi connectivity index (χ2v) is 9.00. The van der Waals surface area contributed by atoms with Gasteiger partial charge in [0.25, 0.3) is 5.91 Å². The van der Waals surface area contributed by atoms with Crippen molar-refractivity contribution in [2.75, 3.05) is 25.2 Å². The lowest BCUT2D eigenvalue weighted by Gasteiger charge is -2.14. The van der Waals surface area contributed by atoms with Crippen molar-refractivity contribution in [3.05, 3.63) is 35.4 Å². The fraction of sp³-hybridized carbons (Fsp3) is 0.522. The van der Waals surface area contributed by atoms with Gasteiger partial charge >= 0.3 is 5.97 Å². The number of nitrogens with one attached hydrogen (secondary N) is 1. The maximum absolute atomic E-state index is 12.5. The van der Waals surface area contributed by atoms with Crippen LogP contribution < -0.4 is 5.32 Å². The molecule has 182 valence electrons. The summed E-state index contributed by atoms with van der Waals surface area (Å²) >= 11 is 5.40. The average Bonchev–Trinajstić information content (AvgIpc) is 2.82. The van der Waals surface area contributed by atoms with Crippen molar-refractivity contribution >= 4 is 54.4 Å². The van der Waals surface area contributed by atoms with Crippen LogP contribution in [-0.4, -0.2) is 60.0 Å². The van der Waals surface area contributed by atoms with Crippen LogP contribution >= 0.6 is 24.7 Å². The zero-order valence-corrected chi connectivity index (χ0v) is 20.5. The number of carbonyl (C=O) groups is 5. The molecule has 10 heteroatoms. The number of rotatable bonds is 17. The molecule has 0 aliphatic heterocycles. The lowest BCUT2D eigenvalue weighted by molar-refractivity contribution is -0.137. The zero-order valence-electron chi connectivity index (χ0n) is 18.8. The Morgan fingerprint density at radius 1 is 1.12 bits per heavy atom. The molecular weight excluding hydrogens is 466 g/mol. The predicted octanol–water partition coefficient (Wildman–Crippen LogP) is 3.11. The van der Waals surface area contributed by atoms with Gasteiger partial charge in [-0.05, 0) is 43.4 Å². The van der Waals surface area contributed by atoms with Crippen molar-refractivity contribution in [2.45, 2.75) is 32.6 Å². The molecule has 0 spiro atoms. The Morgan fingerprint density at radius 2 is 1.76 bits per heavy atom. The van der Waals surface area contributed by atoms with Gasteiger partial charge in [0.15, 0.2) is 11.6 Å². The SMILES string of the molecule is COSCC(CS)C(=O)c1ccc(C(=O)NCC(=O)C(C)CCC(C=O)CCC(=O)O)cc1. The second-order valence-electron chi connectivity index (χ2n) is 7.73. The van der Waals surface area contributed by atoms with Gasteiger partial charge in [0, 0.05) is 46.8 Å². The molecule has 0 saturated carbocycles. The molecule has 0 saturated heterocycles. The van der Waals surface area contributed by atoms with Crippen molar-refractivity contribution in [1.29, 1.82) is 0 Å². The summed E-state index contributed by atoms with van der Waals surface area (Å²) in [7, 11) is 1.54. The van der Waals surface area contributed by atoms with E-state index in [0.29, 0.717) is 35.5 Å². The summed E-state index contributed by atoms with van der Waals surface area (Å²) in [5.74, 6) is -1.87. The van der Waals surface area contributed by atoms with Crippen LogP contribution in [0, 0.1) is 17.8 Å². The Kier molecular flexibility index (Phi) is 13.7. The van der Waals surface area contributed by atoms with Gasteiger partial charge in [-0.15, -0.1) is 0 Å². The number of amides is 1. The number of carboxylic acids is 1. The summed E-state index contributed by atoms with van der Waals surface area (Å²) in [5.41, 5.74) is 0.801. The Hall–Kier alpha value is -2.17. The molecule has 0 fully saturated rings. The number of thiol groups is 1. The number of hydrogen-bond donors (Lipinski definition) is 3.